The molecule has 1 heterocycles. The highest BCUT2D eigenvalue weighted by Crippen LogP contribution is 2.41. The van der Waals surface area contributed by atoms with Crippen LogP contribution < -0.4 is 10.6 Å². The lowest BCUT2D eigenvalue weighted by molar-refractivity contribution is 0.916. The number of hydrogen-bond donors (Lipinski definition) is 2. The van der Waals surface area contributed by atoms with Gasteiger partial charge in [0.25, 0.3) is 0 Å². The van der Waals surface area contributed by atoms with E-state index in [0.717, 1.165) is 0 Å². The van der Waals surface area contributed by atoms with Gasteiger partial charge in [0, 0.05) is 22.3 Å². The first-order valence-electron chi connectivity index (χ1n) is 9.34. The quantitative estimate of drug-likeness (QED) is 0.331. The fourth-order valence-corrected chi connectivity index (χ4v) is 4.43. The van der Waals surface area contributed by atoms with E-state index in [1.165, 1.54) is 49.3 Å². The monoisotopic (exact) mass is 346 g/mol. The second-order valence-corrected chi connectivity index (χ2v) is 7.16. The van der Waals surface area contributed by atoms with Crippen LogP contribution in [0.4, 0.5) is 11.4 Å². The van der Waals surface area contributed by atoms with Gasteiger partial charge in [-0.25, -0.2) is 0 Å². The number of nitrogens with one attached hydrogen (secondary N) is 2. The van der Waals surface area contributed by atoms with E-state index >= 15 is 0 Å². The van der Waals surface area contributed by atoms with E-state index in [-0.39, 0.29) is 6.17 Å². The molecule has 0 saturated carbocycles. The highest BCUT2D eigenvalue weighted by molar-refractivity contribution is 6.07. The van der Waals surface area contributed by atoms with Gasteiger partial charge in [-0.1, -0.05) is 72.8 Å². The third kappa shape index (κ3) is 2.13. The van der Waals surface area contributed by atoms with Crippen molar-refractivity contribution in [3.05, 3.63) is 96.6 Å². The highest BCUT2D eigenvalue weighted by atomic mass is 15.1. The number of anilines is 2. The van der Waals surface area contributed by atoms with Gasteiger partial charge in [0.1, 0.15) is 6.17 Å². The Balaban J connectivity index is 1.64. The van der Waals surface area contributed by atoms with Gasteiger partial charge < -0.3 is 10.6 Å². The van der Waals surface area contributed by atoms with Gasteiger partial charge >= 0.3 is 0 Å². The van der Waals surface area contributed by atoms with Gasteiger partial charge in [0.15, 0.2) is 0 Å². The molecule has 0 radical (unpaired) electrons. The number of rotatable bonds is 1. The summed E-state index contributed by atoms with van der Waals surface area (Å²) in [6.07, 6.45) is 0.0153. The topological polar surface area (TPSA) is 24.1 Å². The Morgan fingerprint density at radius 1 is 0.519 bits per heavy atom. The van der Waals surface area contributed by atoms with Crippen LogP contribution in [0.3, 0.4) is 0 Å². The van der Waals surface area contributed by atoms with Gasteiger partial charge in [-0.3, -0.25) is 0 Å². The number of hydrogen-bond acceptors (Lipinski definition) is 2. The van der Waals surface area contributed by atoms with E-state index in [9.17, 15) is 0 Å². The van der Waals surface area contributed by atoms with Crippen molar-refractivity contribution in [2.75, 3.05) is 10.6 Å². The van der Waals surface area contributed by atoms with Crippen molar-refractivity contribution in [3.63, 3.8) is 0 Å². The van der Waals surface area contributed by atoms with E-state index in [4.69, 9.17) is 0 Å². The Kier molecular flexibility index (Phi) is 2.97. The first kappa shape index (κ1) is 14.6. The van der Waals surface area contributed by atoms with Crippen LogP contribution in [0, 0.1) is 0 Å². The van der Waals surface area contributed by atoms with Crippen LogP contribution in [0.5, 0.6) is 0 Å². The Labute approximate surface area is 157 Å². The highest BCUT2D eigenvalue weighted by Gasteiger charge is 2.23. The summed E-state index contributed by atoms with van der Waals surface area (Å²) in [4.78, 5) is 0. The van der Waals surface area contributed by atoms with Crippen LogP contribution in [0.25, 0.3) is 32.3 Å². The van der Waals surface area contributed by atoms with Crippen LogP contribution in [0.1, 0.15) is 11.7 Å². The predicted molar refractivity (Wildman–Crippen MR) is 115 cm³/mol. The molecular formula is C25H18N2. The second kappa shape index (κ2) is 5.49. The minimum absolute atomic E-state index is 0.0153. The minimum atomic E-state index is 0.0153. The maximum absolute atomic E-state index is 3.75. The largest absolute Gasteiger partial charge is 0.361 e. The van der Waals surface area contributed by atoms with E-state index in [1.54, 1.807) is 0 Å². The maximum Gasteiger partial charge on any atom is 0.124 e. The average molecular weight is 346 g/mol. The van der Waals surface area contributed by atoms with Gasteiger partial charge in [0.2, 0.25) is 0 Å². The van der Waals surface area contributed by atoms with Crippen LogP contribution in [-0.4, -0.2) is 0 Å². The van der Waals surface area contributed by atoms with Gasteiger partial charge in [-0.15, -0.1) is 0 Å². The summed E-state index contributed by atoms with van der Waals surface area (Å²) in [6.45, 7) is 0. The summed E-state index contributed by atoms with van der Waals surface area (Å²) in [6, 6.07) is 32.5. The molecule has 0 atom stereocenters. The van der Waals surface area contributed by atoms with Crippen LogP contribution in [-0.2, 0) is 0 Å². The molecule has 0 aliphatic carbocycles. The van der Waals surface area contributed by atoms with Crippen molar-refractivity contribution in [2.24, 2.45) is 0 Å². The van der Waals surface area contributed by atoms with Gasteiger partial charge in [-0.05, 0) is 45.1 Å². The van der Waals surface area contributed by atoms with Crippen molar-refractivity contribution in [2.45, 2.75) is 6.17 Å². The lowest BCUT2D eigenvalue weighted by Gasteiger charge is -2.31. The predicted octanol–water partition coefficient (Wildman–Crippen LogP) is 6.68. The third-order valence-corrected chi connectivity index (χ3v) is 5.61. The Bertz CT molecular complexity index is 1240. The minimum Gasteiger partial charge on any atom is -0.361 e. The molecule has 0 spiro atoms. The lowest BCUT2D eigenvalue weighted by atomic mass is 9.93. The third-order valence-electron chi connectivity index (χ3n) is 5.61. The van der Waals surface area contributed by atoms with Gasteiger partial charge in [-0.2, -0.15) is 0 Å². The Morgan fingerprint density at radius 2 is 1.04 bits per heavy atom. The summed E-state index contributed by atoms with van der Waals surface area (Å²) >= 11 is 0. The van der Waals surface area contributed by atoms with Crippen molar-refractivity contribution >= 4 is 43.7 Å². The first-order valence-corrected chi connectivity index (χ1v) is 9.34. The molecule has 0 saturated heterocycles. The molecule has 2 heteroatoms. The van der Waals surface area contributed by atoms with Crippen LogP contribution in [0.15, 0.2) is 91.0 Å². The molecule has 128 valence electrons. The Morgan fingerprint density at radius 3 is 1.63 bits per heavy atom. The molecule has 0 amide bonds. The van der Waals surface area contributed by atoms with Crippen molar-refractivity contribution < 1.29 is 0 Å². The van der Waals surface area contributed by atoms with E-state index in [2.05, 4.69) is 102 Å². The molecule has 2 N–H and O–H groups in total. The van der Waals surface area contributed by atoms with E-state index in [1.807, 2.05) is 0 Å². The normalized spacial score (nSPS) is 13.6. The molecule has 0 fully saturated rings. The molecule has 1 aliphatic rings. The molecule has 5 aromatic carbocycles. The summed E-state index contributed by atoms with van der Waals surface area (Å²) < 4.78 is 0. The number of fused-ring (bicyclic) bond motifs is 2. The average Bonchev–Trinajstić information content (AvgIpc) is 2.72. The number of benzene rings is 5. The van der Waals surface area contributed by atoms with Crippen molar-refractivity contribution in [1.82, 2.24) is 0 Å². The van der Waals surface area contributed by atoms with Crippen LogP contribution >= 0.6 is 0 Å². The summed E-state index contributed by atoms with van der Waals surface area (Å²) in [5, 5.41) is 15.1. The molecule has 5 aromatic rings. The van der Waals surface area contributed by atoms with Crippen LogP contribution in [0.2, 0.25) is 0 Å². The van der Waals surface area contributed by atoms with Crippen molar-refractivity contribution in [3.8, 4) is 0 Å². The molecule has 0 unspecified atom stereocenters. The van der Waals surface area contributed by atoms with Crippen molar-refractivity contribution in [1.29, 1.82) is 0 Å². The zero-order valence-electron chi connectivity index (χ0n) is 14.7. The molecule has 0 bridgehead atoms. The van der Waals surface area contributed by atoms with E-state index in [0.29, 0.717) is 0 Å². The fraction of sp³-hybridized carbons (Fsp3) is 0.0400. The lowest BCUT2D eigenvalue weighted by Crippen LogP contribution is -2.24. The molecular weight excluding hydrogens is 328 g/mol. The summed E-state index contributed by atoms with van der Waals surface area (Å²) in [5.41, 5.74) is 3.67. The zero-order chi connectivity index (χ0) is 17.8. The van der Waals surface area contributed by atoms with E-state index < -0.39 is 0 Å². The molecule has 2 nitrogen and oxygen atoms in total. The molecule has 6 rings (SSSR count). The maximum atomic E-state index is 3.75. The second-order valence-electron chi connectivity index (χ2n) is 7.16. The molecule has 1 aliphatic heterocycles. The first-order chi connectivity index (χ1) is 13.4. The molecule has 27 heavy (non-hydrogen) atoms. The fourth-order valence-electron chi connectivity index (χ4n) is 4.43. The smallest absolute Gasteiger partial charge is 0.124 e. The SMILES string of the molecule is c1ccc2c(C3Nc4cccc5cccc(c45)N3)c3ccccc3cc2c1. The Hall–Kier alpha value is -3.52. The summed E-state index contributed by atoms with van der Waals surface area (Å²) in [7, 11) is 0. The van der Waals surface area contributed by atoms with Gasteiger partial charge in [0.05, 0.1) is 0 Å². The standard InChI is InChI=1S/C25H18N2/c1-3-11-19-17(7-1)15-18-8-2-4-12-20(18)24(19)25-26-21-13-5-9-16-10-6-14-22(27-25)23(16)21/h1-15,25-27H. The molecule has 0 aromatic heterocycles. The summed E-state index contributed by atoms with van der Waals surface area (Å²) in [5.74, 6) is 0. The zero-order valence-corrected chi connectivity index (χ0v) is 14.7.